The first-order valence-electron chi connectivity index (χ1n) is 6.40. The van der Waals surface area contributed by atoms with E-state index in [0.717, 1.165) is 0 Å². The molecule has 0 spiro atoms. The predicted octanol–water partition coefficient (Wildman–Crippen LogP) is 4.02. The van der Waals surface area contributed by atoms with Crippen LogP contribution in [0.15, 0.2) is 36.4 Å². The summed E-state index contributed by atoms with van der Waals surface area (Å²) in [5, 5.41) is 0. The van der Waals surface area contributed by atoms with Crippen LogP contribution in [0.5, 0.6) is 0 Å². The number of benzene rings is 2. The molecule has 1 nitrogen and oxygen atoms in total. The molecule has 0 fully saturated rings. The van der Waals surface area contributed by atoms with Gasteiger partial charge in [-0.2, -0.15) is 0 Å². The van der Waals surface area contributed by atoms with Gasteiger partial charge in [0.1, 0.15) is 5.82 Å². The Morgan fingerprint density at radius 1 is 1.05 bits per heavy atom. The second kappa shape index (κ2) is 5.29. The average molecular weight is 279 g/mol. The van der Waals surface area contributed by atoms with E-state index in [0.29, 0.717) is 12.0 Å². The molecule has 2 aromatic carbocycles. The largest absolute Gasteiger partial charge is 0.318 e. The van der Waals surface area contributed by atoms with E-state index in [1.807, 2.05) is 0 Å². The smallest absolute Gasteiger partial charge is 0.164 e. The van der Waals surface area contributed by atoms with E-state index in [-0.39, 0.29) is 11.1 Å². The Morgan fingerprint density at radius 3 is 2.35 bits per heavy atom. The molecule has 2 N–H and O–H groups in total. The van der Waals surface area contributed by atoms with Gasteiger partial charge in [0.25, 0.3) is 0 Å². The topological polar surface area (TPSA) is 26.0 Å². The van der Waals surface area contributed by atoms with Crippen molar-refractivity contribution in [2.75, 3.05) is 0 Å². The van der Waals surface area contributed by atoms with Crippen LogP contribution in [0.2, 0.25) is 0 Å². The summed E-state index contributed by atoms with van der Waals surface area (Å²) in [7, 11) is 0. The standard InChI is InChI=1S/C16H16F3N/c1-3-16(20,11-5-4-6-12(17)9-11)13-8-7-10(2)14(18)15(13)19/h4-9H,3,20H2,1-2H3. The Morgan fingerprint density at radius 2 is 1.75 bits per heavy atom. The first kappa shape index (κ1) is 14.6. The first-order chi connectivity index (χ1) is 9.40. The molecule has 2 aromatic rings. The molecule has 0 amide bonds. The van der Waals surface area contributed by atoms with E-state index in [9.17, 15) is 13.2 Å². The van der Waals surface area contributed by atoms with Crippen LogP contribution >= 0.6 is 0 Å². The Bertz CT molecular complexity index is 640. The van der Waals surface area contributed by atoms with E-state index in [1.165, 1.54) is 37.3 Å². The van der Waals surface area contributed by atoms with Crippen LogP contribution in [0.3, 0.4) is 0 Å². The Hall–Kier alpha value is -1.81. The van der Waals surface area contributed by atoms with Crippen LogP contribution in [-0.2, 0) is 5.54 Å². The highest BCUT2D eigenvalue weighted by Gasteiger charge is 2.32. The first-order valence-corrected chi connectivity index (χ1v) is 6.40. The minimum absolute atomic E-state index is 0.0358. The molecular formula is C16H16F3N. The second-order valence-corrected chi connectivity index (χ2v) is 4.89. The maximum atomic E-state index is 14.2. The highest BCUT2D eigenvalue weighted by molar-refractivity contribution is 5.40. The fourth-order valence-electron chi connectivity index (χ4n) is 2.31. The molecule has 4 heteroatoms. The highest BCUT2D eigenvalue weighted by Crippen LogP contribution is 2.33. The quantitative estimate of drug-likeness (QED) is 0.902. The third kappa shape index (κ3) is 2.31. The van der Waals surface area contributed by atoms with Crippen molar-refractivity contribution in [3.05, 3.63) is 70.5 Å². The number of nitrogens with two attached hydrogens (primary N) is 1. The van der Waals surface area contributed by atoms with Crippen molar-refractivity contribution in [1.82, 2.24) is 0 Å². The maximum absolute atomic E-state index is 14.2. The molecule has 0 saturated carbocycles. The molecular weight excluding hydrogens is 263 g/mol. The number of hydrogen-bond donors (Lipinski definition) is 1. The van der Waals surface area contributed by atoms with Gasteiger partial charge < -0.3 is 5.73 Å². The molecule has 1 unspecified atom stereocenters. The summed E-state index contributed by atoms with van der Waals surface area (Å²) >= 11 is 0. The Labute approximate surface area is 116 Å². The number of rotatable bonds is 3. The van der Waals surface area contributed by atoms with Crippen molar-refractivity contribution in [2.45, 2.75) is 25.8 Å². The molecule has 0 aliphatic rings. The van der Waals surface area contributed by atoms with Crippen LogP contribution in [0.1, 0.15) is 30.0 Å². The van der Waals surface area contributed by atoms with Gasteiger partial charge in [0.05, 0.1) is 5.54 Å². The maximum Gasteiger partial charge on any atom is 0.164 e. The molecule has 106 valence electrons. The molecule has 1 atom stereocenters. The monoisotopic (exact) mass is 279 g/mol. The summed E-state index contributed by atoms with van der Waals surface area (Å²) < 4.78 is 41.3. The van der Waals surface area contributed by atoms with Gasteiger partial charge in [-0.3, -0.25) is 0 Å². The lowest BCUT2D eigenvalue weighted by atomic mass is 9.81. The fourth-order valence-corrected chi connectivity index (χ4v) is 2.31. The van der Waals surface area contributed by atoms with Crippen LogP contribution in [-0.4, -0.2) is 0 Å². The van der Waals surface area contributed by atoms with Crippen LogP contribution < -0.4 is 5.73 Å². The molecule has 20 heavy (non-hydrogen) atoms. The minimum Gasteiger partial charge on any atom is -0.318 e. The third-order valence-electron chi connectivity index (χ3n) is 3.65. The Balaban J connectivity index is 2.65. The van der Waals surface area contributed by atoms with Gasteiger partial charge in [0.2, 0.25) is 0 Å². The lowest BCUT2D eigenvalue weighted by molar-refractivity contribution is 0.440. The summed E-state index contributed by atoms with van der Waals surface area (Å²) in [4.78, 5) is 0. The number of aryl methyl sites for hydroxylation is 1. The molecule has 0 bridgehead atoms. The predicted molar refractivity (Wildman–Crippen MR) is 72.8 cm³/mol. The van der Waals surface area contributed by atoms with Gasteiger partial charge in [-0.05, 0) is 36.6 Å². The summed E-state index contributed by atoms with van der Waals surface area (Å²) in [6.07, 6.45) is 0.315. The van der Waals surface area contributed by atoms with Gasteiger partial charge in [0.15, 0.2) is 11.6 Å². The van der Waals surface area contributed by atoms with Gasteiger partial charge in [-0.1, -0.05) is 31.2 Å². The van der Waals surface area contributed by atoms with Crippen LogP contribution in [0, 0.1) is 24.4 Å². The number of halogens is 3. The highest BCUT2D eigenvalue weighted by atomic mass is 19.2. The molecule has 0 aliphatic heterocycles. The summed E-state index contributed by atoms with van der Waals surface area (Å²) in [5.74, 6) is -2.35. The van der Waals surface area contributed by atoms with Gasteiger partial charge in [-0.25, -0.2) is 13.2 Å². The zero-order valence-electron chi connectivity index (χ0n) is 11.4. The van der Waals surface area contributed by atoms with Crippen LogP contribution in [0.25, 0.3) is 0 Å². The van der Waals surface area contributed by atoms with Crippen molar-refractivity contribution in [3.63, 3.8) is 0 Å². The van der Waals surface area contributed by atoms with Crippen molar-refractivity contribution in [2.24, 2.45) is 5.73 Å². The number of hydrogen-bond acceptors (Lipinski definition) is 1. The molecule has 0 saturated heterocycles. The molecule has 0 aliphatic carbocycles. The lowest BCUT2D eigenvalue weighted by Gasteiger charge is -2.30. The van der Waals surface area contributed by atoms with E-state index in [2.05, 4.69) is 0 Å². The van der Waals surface area contributed by atoms with Gasteiger partial charge in [-0.15, -0.1) is 0 Å². The summed E-state index contributed by atoms with van der Waals surface area (Å²) in [6, 6.07) is 8.59. The van der Waals surface area contributed by atoms with E-state index in [1.54, 1.807) is 13.0 Å². The zero-order valence-corrected chi connectivity index (χ0v) is 11.4. The molecule has 0 aromatic heterocycles. The van der Waals surface area contributed by atoms with Crippen molar-refractivity contribution >= 4 is 0 Å². The van der Waals surface area contributed by atoms with E-state index < -0.39 is 23.0 Å². The molecule has 0 radical (unpaired) electrons. The third-order valence-corrected chi connectivity index (χ3v) is 3.65. The minimum atomic E-state index is -1.26. The molecule has 0 heterocycles. The molecule has 2 rings (SSSR count). The van der Waals surface area contributed by atoms with E-state index >= 15 is 0 Å². The average Bonchev–Trinajstić information content (AvgIpc) is 2.44. The van der Waals surface area contributed by atoms with E-state index in [4.69, 9.17) is 5.73 Å². The van der Waals surface area contributed by atoms with Crippen molar-refractivity contribution in [1.29, 1.82) is 0 Å². The second-order valence-electron chi connectivity index (χ2n) is 4.89. The summed E-state index contributed by atoms with van der Waals surface area (Å²) in [6.45, 7) is 3.23. The Kier molecular flexibility index (Phi) is 3.86. The SMILES string of the molecule is CCC(N)(c1cccc(F)c1)c1ccc(C)c(F)c1F. The fraction of sp³-hybridized carbons (Fsp3) is 0.250. The van der Waals surface area contributed by atoms with Gasteiger partial charge >= 0.3 is 0 Å². The van der Waals surface area contributed by atoms with Crippen molar-refractivity contribution < 1.29 is 13.2 Å². The van der Waals surface area contributed by atoms with Crippen molar-refractivity contribution in [3.8, 4) is 0 Å². The lowest BCUT2D eigenvalue weighted by Crippen LogP contribution is -2.38. The summed E-state index contributed by atoms with van der Waals surface area (Å²) in [5.41, 5.74) is 5.66. The van der Waals surface area contributed by atoms with Crippen LogP contribution in [0.4, 0.5) is 13.2 Å². The zero-order chi connectivity index (χ0) is 14.9. The van der Waals surface area contributed by atoms with Gasteiger partial charge in [0, 0.05) is 5.56 Å². The normalized spacial score (nSPS) is 14.1.